The Morgan fingerprint density at radius 2 is 0.208 bits per heavy atom. The van der Waals surface area contributed by atoms with Gasteiger partial charge in [-0.05, 0) is 229 Å². The van der Waals surface area contributed by atoms with Crippen molar-refractivity contribution in [1.29, 1.82) is 0 Å². The van der Waals surface area contributed by atoms with Crippen molar-refractivity contribution in [2.45, 2.75) is 83.1 Å². The summed E-state index contributed by atoms with van der Waals surface area (Å²) < 4.78 is 37.4. The van der Waals surface area contributed by atoms with Gasteiger partial charge in [-0.2, -0.15) is 13.5 Å². The maximum absolute atomic E-state index is 7.39. The zero-order chi connectivity index (χ0) is 66.9. The van der Waals surface area contributed by atoms with Crippen molar-refractivity contribution in [2.24, 2.45) is 13.5 Å². The molecule has 96 heavy (non-hydrogen) atoms. The van der Waals surface area contributed by atoms with Gasteiger partial charge in [0.1, 0.15) is 0 Å². The molecule has 0 aliphatic carbocycles. The standard InChI is InChI=1S/C84H84N9P3/c1-61-13-37-73(38-14-61)88(74-39-15-62(2)16-40-74)94(89(75-41-17-63(3)18-42-75)76-43-19-64(4)20-44-76)85-95(90(77-45-21-65(5)22-46-77)78-47-23-66(6)24-48-78,91(79-49-25-67(7)26-50-79)80-51-27-68(8)28-52-80)87-96(86-94,92(81-53-29-69(9)30-54-81)82-55-31-70(10)32-56-82)93(83-57-33-71(11)34-58-83)84-59-35-72(12)36-60-84/h13-60H,1-12H3. The normalized spacial score (nSPS) is 13.5. The van der Waals surface area contributed by atoms with Crippen LogP contribution in [0.3, 0.4) is 0 Å². The van der Waals surface area contributed by atoms with Gasteiger partial charge in [-0.3, -0.25) is 28.0 Å². The van der Waals surface area contributed by atoms with E-state index >= 15 is 0 Å². The summed E-state index contributed by atoms with van der Waals surface area (Å²) in [5.41, 5.74) is 24.5. The molecule has 0 fully saturated rings. The van der Waals surface area contributed by atoms with E-state index in [2.05, 4.69) is 402 Å². The van der Waals surface area contributed by atoms with Gasteiger partial charge < -0.3 is 0 Å². The van der Waals surface area contributed by atoms with Crippen molar-refractivity contribution in [2.75, 3.05) is 28.0 Å². The van der Waals surface area contributed by atoms with Crippen LogP contribution in [0.5, 0.6) is 0 Å². The molecule has 0 saturated heterocycles. The van der Waals surface area contributed by atoms with Crippen molar-refractivity contribution in [3.63, 3.8) is 0 Å². The number of hydrogen-bond donors (Lipinski definition) is 0. The minimum Gasteiger partial charge on any atom is -0.273 e. The van der Waals surface area contributed by atoms with Gasteiger partial charge in [-0.25, -0.2) is 0 Å². The van der Waals surface area contributed by atoms with Gasteiger partial charge in [-0.1, -0.05) is 212 Å². The molecule has 1 heterocycles. The molecule has 12 aromatic rings. The van der Waals surface area contributed by atoms with Crippen LogP contribution in [0.1, 0.15) is 66.8 Å². The summed E-state index contributed by atoms with van der Waals surface area (Å²) in [6.45, 7) is 26.0. The summed E-state index contributed by atoms with van der Waals surface area (Å²) in [5.74, 6) is 0. The molecule has 13 rings (SSSR count). The Morgan fingerprint density at radius 1 is 0.135 bits per heavy atom. The molecular formula is C84H84N9P3. The number of nitrogens with zero attached hydrogens (tertiary/aromatic N) is 9. The van der Waals surface area contributed by atoms with Gasteiger partial charge in [0, 0.05) is 68.2 Å². The molecule has 0 N–H and O–H groups in total. The third-order valence-electron chi connectivity index (χ3n) is 17.7. The van der Waals surface area contributed by atoms with Crippen molar-refractivity contribution >= 4 is 90.8 Å². The first-order chi connectivity index (χ1) is 46.4. The molecule has 1 aliphatic rings. The van der Waals surface area contributed by atoms with Crippen molar-refractivity contribution in [3.8, 4) is 0 Å². The van der Waals surface area contributed by atoms with Gasteiger partial charge in [0.05, 0.1) is 0 Å². The van der Waals surface area contributed by atoms with Crippen LogP contribution in [-0.2, 0) is 0 Å². The van der Waals surface area contributed by atoms with Crippen molar-refractivity contribution < 1.29 is 0 Å². The zero-order valence-corrected chi connectivity index (χ0v) is 59.8. The fraction of sp³-hybridized carbons (Fsp3) is 0.143. The Morgan fingerprint density at radius 3 is 0.281 bits per heavy atom. The summed E-state index contributed by atoms with van der Waals surface area (Å²) in [6, 6.07) is 108. The highest BCUT2D eigenvalue weighted by Crippen LogP contribution is 2.88. The molecule has 0 aromatic heterocycles. The second kappa shape index (κ2) is 27.1. The second-order valence-corrected chi connectivity index (χ2v) is 33.5. The first kappa shape index (κ1) is 64.8. The molecule has 0 bridgehead atoms. The van der Waals surface area contributed by atoms with Crippen LogP contribution in [0.2, 0.25) is 0 Å². The Bertz CT molecular complexity index is 3780. The molecule has 9 nitrogen and oxygen atoms in total. The molecule has 12 aromatic carbocycles. The average molecular weight is 1310 g/mol. The van der Waals surface area contributed by atoms with Gasteiger partial charge in [0.2, 0.25) is 0 Å². The molecular weight excluding hydrogens is 1230 g/mol. The Hall–Kier alpha value is -9.87. The largest absolute Gasteiger partial charge is 0.282 e. The fourth-order valence-corrected chi connectivity index (χ4v) is 27.2. The van der Waals surface area contributed by atoms with E-state index in [0.717, 1.165) is 135 Å². The highest BCUT2D eigenvalue weighted by atomic mass is 31.3. The number of hydrogen-bond acceptors (Lipinski definition) is 9. The maximum Gasteiger partial charge on any atom is 0.282 e. The van der Waals surface area contributed by atoms with E-state index in [1.54, 1.807) is 0 Å². The summed E-state index contributed by atoms with van der Waals surface area (Å²) in [5, 5.41) is 0. The van der Waals surface area contributed by atoms with Crippen molar-refractivity contribution in [1.82, 2.24) is 0 Å². The van der Waals surface area contributed by atoms with Crippen LogP contribution >= 0.6 is 22.5 Å². The Balaban J connectivity index is 1.46. The van der Waals surface area contributed by atoms with Crippen LogP contribution < -0.4 is 28.0 Å². The smallest absolute Gasteiger partial charge is 0.273 e. The molecule has 0 amide bonds. The van der Waals surface area contributed by atoms with Crippen LogP contribution in [0.15, 0.2) is 305 Å². The van der Waals surface area contributed by atoms with E-state index in [4.69, 9.17) is 13.5 Å². The van der Waals surface area contributed by atoms with Crippen LogP contribution in [0.25, 0.3) is 0 Å². The van der Waals surface area contributed by atoms with Crippen LogP contribution in [-0.4, -0.2) is 0 Å². The van der Waals surface area contributed by atoms with Gasteiger partial charge in [0.25, 0.3) is 22.5 Å². The van der Waals surface area contributed by atoms with Gasteiger partial charge in [0.15, 0.2) is 0 Å². The first-order valence-electron chi connectivity index (χ1n) is 32.9. The minimum absolute atomic E-state index is 0.913. The summed E-state index contributed by atoms with van der Waals surface area (Å²) in [7, 11) is -12.9. The van der Waals surface area contributed by atoms with E-state index in [1.165, 1.54) is 0 Å². The third-order valence-corrected chi connectivity index (χ3v) is 29.4. The van der Waals surface area contributed by atoms with Crippen LogP contribution in [0, 0.1) is 83.1 Å². The lowest BCUT2D eigenvalue weighted by Crippen LogP contribution is -2.34. The van der Waals surface area contributed by atoms with E-state index in [-0.39, 0.29) is 0 Å². The number of aryl methyl sites for hydroxylation is 12. The zero-order valence-electron chi connectivity index (χ0n) is 57.1. The summed E-state index contributed by atoms with van der Waals surface area (Å²) in [4.78, 5) is 0. The highest BCUT2D eigenvalue weighted by molar-refractivity contribution is 7.91. The fourth-order valence-electron chi connectivity index (χ4n) is 12.3. The van der Waals surface area contributed by atoms with Crippen LogP contribution in [0.4, 0.5) is 68.2 Å². The number of benzene rings is 12. The Labute approximate surface area is 569 Å². The SMILES string of the molecule is Cc1ccc(N(c2ccc(C)cc2)P2(N(c3ccc(C)cc3)c3ccc(C)cc3)=NP(N(c3ccc(C)cc3)c3ccc(C)cc3)(N(c3ccc(C)cc3)c3ccc(C)cc3)=NP(N(c3ccc(C)cc3)c3ccc(C)cc3)(N(c3ccc(C)cc3)c3ccc(C)cc3)=N2)cc1. The summed E-state index contributed by atoms with van der Waals surface area (Å²) >= 11 is 0. The van der Waals surface area contributed by atoms with Gasteiger partial charge in [-0.15, -0.1) is 0 Å². The molecule has 0 saturated carbocycles. The molecule has 0 atom stereocenters. The van der Waals surface area contributed by atoms with E-state index in [0.29, 0.717) is 0 Å². The van der Waals surface area contributed by atoms with E-state index < -0.39 is 22.5 Å². The monoisotopic (exact) mass is 1310 g/mol. The number of rotatable bonds is 18. The molecule has 0 unspecified atom stereocenters. The van der Waals surface area contributed by atoms with E-state index in [1.807, 2.05) is 0 Å². The molecule has 12 heteroatoms. The Kier molecular flexibility index (Phi) is 18.3. The van der Waals surface area contributed by atoms with E-state index in [9.17, 15) is 0 Å². The summed E-state index contributed by atoms with van der Waals surface area (Å²) in [6.07, 6.45) is 0. The topological polar surface area (TPSA) is 56.5 Å². The molecule has 0 spiro atoms. The molecule has 1 aliphatic heterocycles. The quantitative estimate of drug-likeness (QED) is 0.0798. The first-order valence-corrected chi connectivity index (χ1v) is 37.7. The lowest BCUT2D eigenvalue weighted by molar-refractivity contribution is 1.22. The predicted molar refractivity (Wildman–Crippen MR) is 415 cm³/mol. The number of anilines is 12. The average Bonchev–Trinajstić information content (AvgIpc) is 0.674. The lowest BCUT2D eigenvalue weighted by atomic mass is 10.2. The predicted octanol–water partition coefficient (Wildman–Crippen LogP) is 26.6. The maximum atomic E-state index is 7.39. The lowest BCUT2D eigenvalue weighted by Gasteiger charge is -2.54. The highest BCUT2D eigenvalue weighted by Gasteiger charge is 2.56. The third kappa shape index (κ3) is 12.9. The van der Waals surface area contributed by atoms with Gasteiger partial charge >= 0.3 is 0 Å². The minimum atomic E-state index is -4.30. The van der Waals surface area contributed by atoms with Crippen molar-refractivity contribution in [3.05, 3.63) is 358 Å². The molecule has 0 radical (unpaired) electrons. The second-order valence-electron chi connectivity index (χ2n) is 25.8. The molecule has 480 valence electrons.